The second-order valence-electron chi connectivity index (χ2n) is 7.65. The molecule has 6 nitrogen and oxygen atoms in total. The van der Waals surface area contributed by atoms with Gasteiger partial charge in [-0.25, -0.2) is 4.98 Å². The standard InChI is InChI=1S/C27H24N4O2S/c1-2-20-13-15-22(16-14-20)31-26(33)23-11-6-7-12-24(23)29-27(31)34-19-25(32)30(18-8-17-28)21-9-4-3-5-10-21/h3-7,9-16H,2,8,18-19H2,1H3. The van der Waals surface area contributed by atoms with Gasteiger partial charge in [0.1, 0.15) is 0 Å². The van der Waals surface area contributed by atoms with Crippen LogP contribution in [0.1, 0.15) is 18.9 Å². The Bertz CT molecular complexity index is 1390. The van der Waals surface area contributed by atoms with Crippen molar-refractivity contribution in [3.63, 3.8) is 0 Å². The van der Waals surface area contributed by atoms with Gasteiger partial charge in [-0.05, 0) is 48.4 Å². The summed E-state index contributed by atoms with van der Waals surface area (Å²) < 4.78 is 1.57. The van der Waals surface area contributed by atoms with E-state index in [0.717, 1.165) is 12.1 Å². The molecule has 170 valence electrons. The van der Waals surface area contributed by atoms with E-state index >= 15 is 0 Å². The van der Waals surface area contributed by atoms with Gasteiger partial charge in [0.05, 0.1) is 34.8 Å². The minimum Gasteiger partial charge on any atom is -0.311 e. The molecule has 0 fully saturated rings. The summed E-state index contributed by atoms with van der Waals surface area (Å²) in [5, 5.41) is 10.0. The quantitative estimate of drug-likeness (QED) is 0.269. The van der Waals surface area contributed by atoms with E-state index in [1.54, 1.807) is 21.6 Å². The van der Waals surface area contributed by atoms with E-state index in [1.165, 1.54) is 17.3 Å². The van der Waals surface area contributed by atoms with Crippen molar-refractivity contribution in [2.24, 2.45) is 0 Å². The first-order valence-corrected chi connectivity index (χ1v) is 12.1. The molecule has 0 spiro atoms. The zero-order valence-corrected chi connectivity index (χ0v) is 19.7. The Labute approximate surface area is 202 Å². The minimum atomic E-state index is -0.172. The molecule has 34 heavy (non-hydrogen) atoms. The average molecular weight is 469 g/mol. The smallest absolute Gasteiger partial charge is 0.266 e. The molecule has 0 aliphatic rings. The minimum absolute atomic E-state index is 0.0815. The number of rotatable bonds is 8. The number of benzene rings is 3. The number of hydrogen-bond acceptors (Lipinski definition) is 5. The van der Waals surface area contributed by atoms with Crippen molar-refractivity contribution in [2.75, 3.05) is 17.2 Å². The molecule has 0 aliphatic heterocycles. The number of nitrogens with zero attached hydrogens (tertiary/aromatic N) is 4. The molecule has 0 N–H and O–H groups in total. The normalized spacial score (nSPS) is 10.7. The third-order valence-corrected chi connectivity index (χ3v) is 6.41. The van der Waals surface area contributed by atoms with Gasteiger partial charge in [-0.1, -0.05) is 61.2 Å². The molecule has 0 bridgehead atoms. The van der Waals surface area contributed by atoms with Crippen LogP contribution < -0.4 is 10.5 Å². The molecular weight excluding hydrogens is 444 g/mol. The molecule has 0 aliphatic carbocycles. The van der Waals surface area contributed by atoms with Crippen LogP contribution in [0.15, 0.2) is 88.8 Å². The molecule has 1 amide bonds. The van der Waals surface area contributed by atoms with E-state index in [0.29, 0.717) is 28.3 Å². The highest BCUT2D eigenvalue weighted by molar-refractivity contribution is 7.99. The Balaban J connectivity index is 1.69. The summed E-state index contributed by atoms with van der Waals surface area (Å²) in [6.07, 6.45) is 1.13. The van der Waals surface area contributed by atoms with E-state index in [-0.39, 0.29) is 23.6 Å². The highest BCUT2D eigenvalue weighted by Gasteiger charge is 2.19. The molecule has 1 heterocycles. The van der Waals surface area contributed by atoms with Gasteiger partial charge in [-0.3, -0.25) is 14.2 Å². The van der Waals surface area contributed by atoms with Crippen molar-refractivity contribution in [1.29, 1.82) is 5.26 Å². The third-order valence-electron chi connectivity index (χ3n) is 5.49. The molecular formula is C27H24N4O2S. The van der Waals surface area contributed by atoms with E-state index < -0.39 is 0 Å². The van der Waals surface area contributed by atoms with Crippen molar-refractivity contribution >= 4 is 34.3 Å². The second-order valence-corrected chi connectivity index (χ2v) is 8.59. The number of para-hydroxylation sites is 2. The van der Waals surface area contributed by atoms with Crippen LogP contribution in [0.25, 0.3) is 16.6 Å². The molecule has 7 heteroatoms. The maximum atomic E-state index is 13.4. The summed E-state index contributed by atoms with van der Waals surface area (Å²) in [6, 6.07) is 26.4. The number of carbonyl (C=O) groups excluding carboxylic acids is 1. The number of fused-ring (bicyclic) bond motifs is 1. The highest BCUT2D eigenvalue weighted by atomic mass is 32.2. The predicted molar refractivity (Wildman–Crippen MR) is 136 cm³/mol. The monoisotopic (exact) mass is 468 g/mol. The zero-order chi connectivity index (χ0) is 23.9. The Morgan fingerprint density at radius 2 is 1.74 bits per heavy atom. The molecule has 4 rings (SSSR count). The lowest BCUT2D eigenvalue weighted by Crippen LogP contribution is -2.33. The maximum absolute atomic E-state index is 13.4. The molecule has 3 aromatic carbocycles. The number of hydrogen-bond donors (Lipinski definition) is 0. The molecule has 4 aromatic rings. The molecule has 0 atom stereocenters. The topological polar surface area (TPSA) is 79.0 Å². The average Bonchev–Trinajstić information content (AvgIpc) is 2.88. The number of amides is 1. The van der Waals surface area contributed by atoms with Gasteiger partial charge >= 0.3 is 0 Å². The van der Waals surface area contributed by atoms with Crippen LogP contribution in [-0.2, 0) is 11.2 Å². The molecule has 1 aromatic heterocycles. The lowest BCUT2D eigenvalue weighted by molar-refractivity contribution is -0.116. The van der Waals surface area contributed by atoms with Crippen LogP contribution in [0.4, 0.5) is 5.69 Å². The molecule has 0 saturated heterocycles. The van der Waals surface area contributed by atoms with Gasteiger partial charge in [0.25, 0.3) is 5.56 Å². The number of carbonyl (C=O) groups is 1. The highest BCUT2D eigenvalue weighted by Crippen LogP contribution is 2.23. The van der Waals surface area contributed by atoms with Gasteiger partial charge < -0.3 is 4.90 Å². The first-order valence-electron chi connectivity index (χ1n) is 11.1. The van der Waals surface area contributed by atoms with E-state index in [4.69, 9.17) is 10.2 Å². The van der Waals surface area contributed by atoms with Gasteiger partial charge in [0.15, 0.2) is 5.16 Å². The Hall–Kier alpha value is -3.89. The number of nitriles is 1. The number of aromatic nitrogens is 2. The zero-order valence-electron chi connectivity index (χ0n) is 18.8. The van der Waals surface area contributed by atoms with Gasteiger partial charge in [0, 0.05) is 12.2 Å². The summed E-state index contributed by atoms with van der Waals surface area (Å²) >= 11 is 1.22. The van der Waals surface area contributed by atoms with Gasteiger partial charge in [-0.15, -0.1) is 0 Å². The summed E-state index contributed by atoms with van der Waals surface area (Å²) in [7, 11) is 0. The number of aryl methyl sites for hydroxylation is 1. The summed E-state index contributed by atoms with van der Waals surface area (Å²) in [5.74, 6) is -0.0697. The van der Waals surface area contributed by atoms with Gasteiger partial charge in [0.2, 0.25) is 5.91 Å². The second kappa shape index (κ2) is 10.8. The first kappa shape index (κ1) is 23.3. The van der Waals surface area contributed by atoms with Crippen molar-refractivity contribution in [2.45, 2.75) is 24.9 Å². The fourth-order valence-corrected chi connectivity index (χ4v) is 4.58. The summed E-state index contributed by atoms with van der Waals surface area (Å²) in [6.45, 7) is 2.38. The number of thioether (sulfide) groups is 1. The van der Waals surface area contributed by atoms with Crippen molar-refractivity contribution in [3.8, 4) is 11.8 Å². The summed E-state index contributed by atoms with van der Waals surface area (Å²) in [5.41, 5.74) is 3.04. The van der Waals surface area contributed by atoms with Crippen LogP contribution in [0.5, 0.6) is 0 Å². The third kappa shape index (κ3) is 5.03. The fourth-order valence-electron chi connectivity index (χ4n) is 3.69. The Morgan fingerprint density at radius 1 is 1.03 bits per heavy atom. The summed E-state index contributed by atoms with van der Waals surface area (Å²) in [4.78, 5) is 32.9. The lowest BCUT2D eigenvalue weighted by Gasteiger charge is -2.22. The predicted octanol–water partition coefficient (Wildman–Crippen LogP) is 4.99. The molecule has 0 radical (unpaired) electrons. The van der Waals surface area contributed by atoms with Crippen molar-refractivity contribution < 1.29 is 4.79 Å². The van der Waals surface area contributed by atoms with E-state index in [2.05, 4.69) is 13.0 Å². The van der Waals surface area contributed by atoms with E-state index in [9.17, 15) is 9.59 Å². The van der Waals surface area contributed by atoms with Gasteiger partial charge in [-0.2, -0.15) is 5.26 Å². The van der Waals surface area contributed by atoms with Crippen LogP contribution in [0.2, 0.25) is 0 Å². The largest absolute Gasteiger partial charge is 0.311 e. The van der Waals surface area contributed by atoms with Crippen LogP contribution in [0.3, 0.4) is 0 Å². The molecule has 0 saturated carbocycles. The lowest BCUT2D eigenvalue weighted by atomic mass is 10.1. The molecule has 0 unspecified atom stereocenters. The Kier molecular flexibility index (Phi) is 7.41. The number of anilines is 1. The SMILES string of the molecule is CCc1ccc(-n2c(SCC(=O)N(CCC#N)c3ccccc3)nc3ccccc3c2=O)cc1. The van der Waals surface area contributed by atoms with Crippen LogP contribution >= 0.6 is 11.8 Å². The van der Waals surface area contributed by atoms with Crippen LogP contribution in [-0.4, -0.2) is 27.8 Å². The van der Waals surface area contributed by atoms with Crippen molar-refractivity contribution in [3.05, 3.63) is 94.8 Å². The first-order chi connectivity index (χ1) is 16.6. The fraction of sp³-hybridized carbons (Fsp3) is 0.185. The van der Waals surface area contributed by atoms with E-state index in [1.807, 2.05) is 66.7 Å². The van der Waals surface area contributed by atoms with Crippen molar-refractivity contribution in [1.82, 2.24) is 9.55 Å². The Morgan fingerprint density at radius 3 is 2.44 bits per heavy atom. The van der Waals surface area contributed by atoms with Crippen LogP contribution in [0, 0.1) is 11.3 Å². The maximum Gasteiger partial charge on any atom is 0.266 e.